The topological polar surface area (TPSA) is 208 Å². The molecule has 69 heavy (non-hydrogen) atoms. The lowest BCUT2D eigenvalue weighted by atomic mass is 9.86. The predicted octanol–water partition coefficient (Wildman–Crippen LogP) is 8.38. The summed E-state index contributed by atoms with van der Waals surface area (Å²) in [5, 5.41) is 15.0. The van der Waals surface area contributed by atoms with Crippen molar-refractivity contribution in [2.45, 2.75) is 170 Å². The van der Waals surface area contributed by atoms with Crippen molar-refractivity contribution in [3.8, 4) is 11.4 Å². The first-order chi connectivity index (χ1) is 32.0. The molecule has 2 aliphatic heterocycles. The zero-order chi connectivity index (χ0) is 51.3. The van der Waals surface area contributed by atoms with E-state index in [1.54, 1.807) is 115 Å². The van der Waals surface area contributed by atoms with Gasteiger partial charge in [-0.25, -0.2) is 29.0 Å². The van der Waals surface area contributed by atoms with E-state index in [1.165, 1.54) is 0 Å². The number of amides is 4. The van der Waals surface area contributed by atoms with Gasteiger partial charge in [0.25, 0.3) is 5.56 Å². The van der Waals surface area contributed by atoms with Crippen molar-refractivity contribution in [2.75, 3.05) is 39.3 Å². The molecule has 5 rings (SSSR count). The lowest BCUT2D eigenvalue weighted by molar-refractivity contribution is -0.172. The molecule has 380 valence electrons. The fraction of sp³-hybridized carbons (Fsp3) is 0.627. The van der Waals surface area contributed by atoms with E-state index < -0.39 is 63.9 Å². The number of esters is 1. The molecule has 2 aromatic heterocycles. The van der Waals surface area contributed by atoms with E-state index in [0.29, 0.717) is 74.3 Å². The van der Waals surface area contributed by atoms with Crippen molar-refractivity contribution in [1.82, 2.24) is 29.6 Å². The molecule has 4 amide bonds. The summed E-state index contributed by atoms with van der Waals surface area (Å²) in [5.41, 5.74) is -1.92. The van der Waals surface area contributed by atoms with Crippen LogP contribution >= 0.6 is 0 Å². The van der Waals surface area contributed by atoms with Gasteiger partial charge in [-0.15, -0.1) is 0 Å². The van der Waals surface area contributed by atoms with Gasteiger partial charge in [0, 0.05) is 55.8 Å². The number of nitrogens with zero attached hydrogens (tertiary/aromatic N) is 5. The molecule has 0 radical (unpaired) electrons. The first-order valence-corrected chi connectivity index (χ1v) is 24.0. The normalized spacial score (nSPS) is 15.6. The number of aromatic nitrogens is 2. The SMILES string of the molecule is CC[C@@]1(O)C(=O)OCc2c1cc1n(c2=O)Cc2c-1nc1ccccc1c2CN(CCCN(CCCCN(CCCNC(=O)OC(C)(C)C)C(=O)OC(C)(C)C)C(=O)OC(C)(C)C)C(=O)OC(C)(C)C. The number of para-hydroxylation sites is 1. The van der Waals surface area contributed by atoms with Gasteiger partial charge in [-0.3, -0.25) is 4.79 Å². The van der Waals surface area contributed by atoms with Crippen LogP contribution in [0.15, 0.2) is 35.1 Å². The number of aliphatic hydroxyl groups is 1. The number of hydrogen-bond acceptors (Lipinski definition) is 13. The third-order valence-electron chi connectivity index (χ3n) is 11.3. The second kappa shape index (κ2) is 21.4. The van der Waals surface area contributed by atoms with Crippen LogP contribution in [0.1, 0.15) is 144 Å². The van der Waals surface area contributed by atoms with Crippen molar-refractivity contribution >= 4 is 41.2 Å². The number of ether oxygens (including phenoxy) is 5. The summed E-state index contributed by atoms with van der Waals surface area (Å²) < 4.78 is 29.7. The number of rotatable bonds is 16. The monoisotopic (exact) mass is 963 g/mol. The largest absolute Gasteiger partial charge is 0.458 e. The van der Waals surface area contributed by atoms with Gasteiger partial charge >= 0.3 is 30.3 Å². The lowest BCUT2D eigenvalue weighted by Gasteiger charge is -2.31. The van der Waals surface area contributed by atoms with Gasteiger partial charge in [-0.1, -0.05) is 25.1 Å². The van der Waals surface area contributed by atoms with E-state index >= 15 is 0 Å². The molecule has 18 nitrogen and oxygen atoms in total. The van der Waals surface area contributed by atoms with Crippen LogP contribution in [0, 0.1) is 0 Å². The Hall–Kier alpha value is -5.91. The molecular formula is C51H74N6O12. The Balaban J connectivity index is 1.36. The van der Waals surface area contributed by atoms with Gasteiger partial charge in [0.2, 0.25) is 0 Å². The van der Waals surface area contributed by atoms with Crippen LogP contribution in [0.2, 0.25) is 0 Å². The molecule has 1 aromatic carbocycles. The maximum Gasteiger partial charge on any atom is 0.410 e. The number of nitrogens with one attached hydrogen (secondary N) is 1. The summed E-state index contributed by atoms with van der Waals surface area (Å²) in [5.74, 6) is -0.812. The Kier molecular flexibility index (Phi) is 16.7. The Morgan fingerprint density at radius 2 is 1.23 bits per heavy atom. The minimum Gasteiger partial charge on any atom is -0.458 e. The molecule has 0 spiro atoms. The van der Waals surface area contributed by atoms with Gasteiger partial charge < -0.3 is 53.4 Å². The quantitative estimate of drug-likeness (QED) is 0.0615. The van der Waals surface area contributed by atoms with Crippen molar-refractivity contribution in [3.63, 3.8) is 0 Å². The van der Waals surface area contributed by atoms with Gasteiger partial charge in [-0.05, 0) is 133 Å². The number of fused-ring (bicyclic) bond motifs is 5. The Morgan fingerprint density at radius 3 is 1.78 bits per heavy atom. The molecule has 0 saturated heterocycles. The lowest BCUT2D eigenvalue weighted by Crippen LogP contribution is -2.44. The van der Waals surface area contributed by atoms with E-state index in [2.05, 4.69) is 5.32 Å². The maximum atomic E-state index is 14.2. The maximum absolute atomic E-state index is 14.2. The van der Waals surface area contributed by atoms with E-state index in [4.69, 9.17) is 28.7 Å². The number of cyclic esters (lactones) is 1. The van der Waals surface area contributed by atoms with Crippen LogP contribution in [0.4, 0.5) is 19.2 Å². The number of carbonyl (C=O) groups is 5. The van der Waals surface area contributed by atoms with Gasteiger partial charge in [0.1, 0.15) is 29.0 Å². The third-order valence-corrected chi connectivity index (χ3v) is 11.3. The fourth-order valence-electron chi connectivity index (χ4n) is 8.12. The Labute approximate surface area is 405 Å². The zero-order valence-electron chi connectivity index (χ0n) is 43.0. The zero-order valence-corrected chi connectivity index (χ0v) is 43.0. The van der Waals surface area contributed by atoms with Crippen LogP contribution in [0.25, 0.3) is 22.3 Å². The van der Waals surface area contributed by atoms with Crippen LogP contribution in [0.3, 0.4) is 0 Å². The fourth-order valence-corrected chi connectivity index (χ4v) is 8.12. The molecule has 2 N–H and O–H groups in total. The molecule has 0 saturated carbocycles. The minimum absolute atomic E-state index is 0.00585. The van der Waals surface area contributed by atoms with E-state index in [9.17, 15) is 33.9 Å². The average Bonchev–Trinajstić information content (AvgIpc) is 3.59. The standard InChI is InChI=1S/C51H74N6O12/c1-14-51(64)37-29-39-40-35(31-57(39)41(58)36(37)32-65-42(51)59)34(33-21-15-16-22-38(33)53-40)30-56(46(63)69-50(11,12)13)28-20-27-55(45(62)68-49(8,9)10)25-18-17-24-54(44(61)67-48(5,6)7)26-19-23-52-43(60)66-47(2,3)4/h15-16,21-22,29,64H,14,17-20,23-28,30-32H2,1-13H3,(H,52,60)/t51-/m0/s1. The molecule has 2 aliphatic rings. The van der Waals surface area contributed by atoms with Crippen molar-refractivity contribution in [1.29, 1.82) is 0 Å². The summed E-state index contributed by atoms with van der Waals surface area (Å²) in [6, 6.07) is 9.16. The summed E-state index contributed by atoms with van der Waals surface area (Å²) in [7, 11) is 0. The molecule has 0 fully saturated rings. The first kappa shape index (κ1) is 54.0. The smallest absolute Gasteiger partial charge is 0.410 e. The molecule has 0 aliphatic carbocycles. The predicted molar refractivity (Wildman–Crippen MR) is 259 cm³/mol. The third kappa shape index (κ3) is 14.3. The van der Waals surface area contributed by atoms with Crippen molar-refractivity contribution in [2.24, 2.45) is 0 Å². The number of pyridine rings is 2. The summed E-state index contributed by atoms with van der Waals surface area (Å²) >= 11 is 0. The summed E-state index contributed by atoms with van der Waals surface area (Å²) in [6.45, 7) is 24.7. The number of alkyl carbamates (subject to hydrolysis) is 1. The molecular weight excluding hydrogens is 889 g/mol. The molecule has 4 heterocycles. The summed E-state index contributed by atoms with van der Waals surface area (Å²) in [6.07, 6.45) is -0.267. The second-order valence-corrected chi connectivity index (χ2v) is 21.7. The van der Waals surface area contributed by atoms with Crippen molar-refractivity contribution in [3.05, 3.63) is 62.9 Å². The molecule has 0 bridgehead atoms. The van der Waals surface area contributed by atoms with Crippen LogP contribution in [-0.4, -0.2) is 121 Å². The first-order valence-electron chi connectivity index (χ1n) is 24.0. The summed E-state index contributed by atoms with van der Waals surface area (Å²) in [4.78, 5) is 90.1. The van der Waals surface area contributed by atoms with Crippen LogP contribution in [0.5, 0.6) is 0 Å². The second-order valence-electron chi connectivity index (χ2n) is 21.7. The average molecular weight is 963 g/mol. The minimum atomic E-state index is -1.99. The highest BCUT2D eigenvalue weighted by Crippen LogP contribution is 2.40. The molecule has 0 unspecified atom stereocenters. The molecule has 3 aromatic rings. The highest BCUT2D eigenvalue weighted by Gasteiger charge is 2.45. The van der Waals surface area contributed by atoms with E-state index in [0.717, 1.165) is 10.9 Å². The van der Waals surface area contributed by atoms with E-state index in [-0.39, 0.29) is 50.3 Å². The van der Waals surface area contributed by atoms with Gasteiger partial charge in [0.15, 0.2) is 5.60 Å². The Bertz CT molecular complexity index is 2440. The number of unbranched alkanes of at least 4 members (excludes halogenated alkanes) is 1. The number of hydrogen-bond donors (Lipinski definition) is 2. The molecule has 18 heteroatoms. The Morgan fingerprint density at radius 1 is 0.725 bits per heavy atom. The van der Waals surface area contributed by atoms with Crippen LogP contribution < -0.4 is 10.9 Å². The highest BCUT2D eigenvalue weighted by molar-refractivity contribution is 5.89. The van der Waals surface area contributed by atoms with Gasteiger partial charge in [0.05, 0.1) is 35.6 Å². The van der Waals surface area contributed by atoms with Crippen molar-refractivity contribution < 1.29 is 52.8 Å². The van der Waals surface area contributed by atoms with E-state index in [1.807, 2.05) is 24.3 Å². The number of carbonyl (C=O) groups excluding carboxylic acids is 5. The molecule has 1 atom stereocenters. The highest BCUT2D eigenvalue weighted by atomic mass is 16.6. The van der Waals surface area contributed by atoms with Crippen LogP contribution in [-0.2, 0) is 53.8 Å². The number of benzene rings is 1. The van der Waals surface area contributed by atoms with Gasteiger partial charge in [-0.2, -0.15) is 0 Å².